The van der Waals surface area contributed by atoms with Gasteiger partial charge in [-0.3, -0.25) is 4.79 Å². The lowest BCUT2D eigenvalue weighted by molar-refractivity contribution is -0.121. The number of halogens is 2. The molecule has 0 saturated carbocycles. The van der Waals surface area contributed by atoms with E-state index in [4.69, 9.17) is 37.4 Å². The maximum Gasteiger partial charge on any atom is 0.220 e. The first-order chi connectivity index (χ1) is 12.6. The number of methoxy groups -OCH3 is 1. The molecule has 0 heterocycles. The molecule has 0 aliphatic carbocycles. The summed E-state index contributed by atoms with van der Waals surface area (Å²) in [4.78, 5) is 11.8. The summed E-state index contributed by atoms with van der Waals surface area (Å²) in [5, 5.41) is 3.81. The molecule has 1 N–H and O–H groups in total. The van der Waals surface area contributed by atoms with E-state index < -0.39 is 0 Å². The summed E-state index contributed by atoms with van der Waals surface area (Å²) in [6.07, 6.45) is 0.942. The molecule has 0 saturated heterocycles. The van der Waals surface area contributed by atoms with Gasteiger partial charge >= 0.3 is 0 Å². The van der Waals surface area contributed by atoms with E-state index in [1.54, 1.807) is 25.3 Å². The third kappa shape index (κ3) is 6.65. The second-order valence-corrected chi connectivity index (χ2v) is 6.22. The van der Waals surface area contributed by atoms with E-state index in [1.165, 1.54) is 0 Å². The summed E-state index contributed by atoms with van der Waals surface area (Å²) < 4.78 is 16.3. The van der Waals surface area contributed by atoms with Gasteiger partial charge in [0.25, 0.3) is 0 Å². The van der Waals surface area contributed by atoms with E-state index in [9.17, 15) is 4.79 Å². The second-order valence-electron chi connectivity index (χ2n) is 5.38. The first kappa shape index (κ1) is 20.2. The molecular formula is C19H21Cl2NO4. The van der Waals surface area contributed by atoms with Gasteiger partial charge < -0.3 is 19.5 Å². The first-order valence-corrected chi connectivity index (χ1v) is 8.96. The fourth-order valence-corrected chi connectivity index (χ4v) is 2.65. The van der Waals surface area contributed by atoms with Crippen LogP contribution >= 0.6 is 23.2 Å². The Kier molecular flexibility index (Phi) is 8.38. The van der Waals surface area contributed by atoms with Gasteiger partial charge in [-0.25, -0.2) is 0 Å². The van der Waals surface area contributed by atoms with E-state index in [-0.39, 0.29) is 5.91 Å². The van der Waals surface area contributed by atoms with Crippen LogP contribution in [-0.2, 0) is 4.79 Å². The summed E-state index contributed by atoms with van der Waals surface area (Å²) in [6, 6.07) is 12.4. The van der Waals surface area contributed by atoms with Crippen molar-refractivity contribution >= 4 is 29.1 Å². The van der Waals surface area contributed by atoms with Crippen molar-refractivity contribution in [3.63, 3.8) is 0 Å². The zero-order valence-corrected chi connectivity index (χ0v) is 16.0. The van der Waals surface area contributed by atoms with Crippen LogP contribution in [0.4, 0.5) is 0 Å². The first-order valence-electron chi connectivity index (χ1n) is 8.20. The van der Waals surface area contributed by atoms with Gasteiger partial charge in [0.2, 0.25) is 5.91 Å². The average Bonchev–Trinajstić information content (AvgIpc) is 2.64. The molecule has 0 fully saturated rings. The lowest BCUT2D eigenvalue weighted by Gasteiger charge is -2.11. The van der Waals surface area contributed by atoms with Gasteiger partial charge in [-0.05, 0) is 36.8 Å². The number of carbonyl (C=O) groups is 1. The highest BCUT2D eigenvalue weighted by Crippen LogP contribution is 2.27. The molecule has 140 valence electrons. The molecule has 7 heteroatoms. The molecule has 2 aromatic rings. The Labute approximate surface area is 163 Å². The average molecular weight is 398 g/mol. The molecule has 0 aliphatic heterocycles. The molecule has 26 heavy (non-hydrogen) atoms. The van der Waals surface area contributed by atoms with Crippen molar-refractivity contribution in [2.24, 2.45) is 0 Å². The van der Waals surface area contributed by atoms with Crippen LogP contribution in [0.25, 0.3) is 0 Å². The summed E-state index contributed by atoms with van der Waals surface area (Å²) >= 11 is 11.8. The monoisotopic (exact) mass is 397 g/mol. The number of carbonyl (C=O) groups excluding carboxylic acids is 1. The van der Waals surface area contributed by atoms with Crippen molar-refractivity contribution in [3.05, 3.63) is 52.5 Å². The molecule has 0 bridgehead atoms. The zero-order valence-electron chi connectivity index (χ0n) is 14.5. The predicted molar refractivity (Wildman–Crippen MR) is 103 cm³/mol. The van der Waals surface area contributed by atoms with E-state index >= 15 is 0 Å². The number of benzene rings is 2. The van der Waals surface area contributed by atoms with E-state index in [1.807, 2.05) is 24.3 Å². The van der Waals surface area contributed by atoms with Gasteiger partial charge in [-0.1, -0.05) is 35.3 Å². The van der Waals surface area contributed by atoms with Crippen LogP contribution in [0.15, 0.2) is 42.5 Å². The van der Waals surface area contributed by atoms with Crippen LogP contribution in [0.1, 0.15) is 12.8 Å². The van der Waals surface area contributed by atoms with Crippen LogP contribution in [0.5, 0.6) is 17.2 Å². The second kappa shape index (κ2) is 10.8. The van der Waals surface area contributed by atoms with Crippen molar-refractivity contribution < 1.29 is 19.0 Å². The Morgan fingerprint density at radius 2 is 1.73 bits per heavy atom. The van der Waals surface area contributed by atoms with Crippen LogP contribution < -0.4 is 19.5 Å². The van der Waals surface area contributed by atoms with E-state index in [2.05, 4.69) is 5.32 Å². The number of hydrogen-bond acceptors (Lipinski definition) is 4. The Bertz CT molecular complexity index is 724. The molecule has 0 unspecified atom stereocenters. The standard InChI is InChI=1S/C19H21Cl2NO4/c1-24-17-5-2-3-6-18(17)26-12-10-22-19(23)7-4-11-25-16-9-8-14(20)13-15(16)21/h2-3,5-6,8-9,13H,4,7,10-12H2,1H3,(H,22,23). The zero-order chi connectivity index (χ0) is 18.8. The molecule has 1 amide bonds. The fourth-order valence-electron chi connectivity index (χ4n) is 2.18. The number of amides is 1. The van der Waals surface area contributed by atoms with Crippen molar-refractivity contribution in [2.75, 3.05) is 26.9 Å². The molecule has 0 atom stereocenters. The number of ether oxygens (including phenoxy) is 3. The lowest BCUT2D eigenvalue weighted by atomic mass is 10.3. The van der Waals surface area contributed by atoms with Gasteiger partial charge in [-0.2, -0.15) is 0 Å². The number of nitrogens with one attached hydrogen (secondary N) is 1. The number of rotatable bonds is 10. The quantitative estimate of drug-likeness (QED) is 0.605. The summed E-state index contributed by atoms with van der Waals surface area (Å²) in [7, 11) is 1.59. The number of hydrogen-bond donors (Lipinski definition) is 1. The predicted octanol–water partition coefficient (Wildman–Crippen LogP) is 4.36. The largest absolute Gasteiger partial charge is 0.493 e. The SMILES string of the molecule is COc1ccccc1OCCNC(=O)CCCOc1ccc(Cl)cc1Cl. The lowest BCUT2D eigenvalue weighted by Crippen LogP contribution is -2.28. The Balaban J connectivity index is 1.59. The molecule has 5 nitrogen and oxygen atoms in total. The molecule has 2 aromatic carbocycles. The maximum absolute atomic E-state index is 11.8. The minimum absolute atomic E-state index is 0.0561. The Hall–Kier alpha value is -2.11. The van der Waals surface area contributed by atoms with Gasteiger partial charge in [-0.15, -0.1) is 0 Å². The molecule has 0 aromatic heterocycles. The van der Waals surface area contributed by atoms with Crippen LogP contribution in [0.3, 0.4) is 0 Å². The third-order valence-electron chi connectivity index (χ3n) is 3.45. The summed E-state index contributed by atoms with van der Waals surface area (Å²) in [6.45, 7) is 1.18. The highest BCUT2D eigenvalue weighted by Gasteiger charge is 2.05. The van der Waals surface area contributed by atoms with Gasteiger partial charge in [0.15, 0.2) is 11.5 Å². The molecule has 0 aliphatic rings. The summed E-state index contributed by atoms with van der Waals surface area (Å²) in [5.74, 6) is 1.82. The normalized spacial score (nSPS) is 10.3. The molecule has 0 spiro atoms. The fraction of sp³-hybridized carbons (Fsp3) is 0.316. The van der Waals surface area contributed by atoms with Crippen LogP contribution in [-0.4, -0.2) is 32.8 Å². The maximum atomic E-state index is 11.8. The van der Waals surface area contributed by atoms with Crippen molar-refractivity contribution in [2.45, 2.75) is 12.8 Å². The van der Waals surface area contributed by atoms with E-state index in [0.29, 0.717) is 59.9 Å². The molecule has 2 rings (SSSR count). The highest BCUT2D eigenvalue weighted by atomic mass is 35.5. The van der Waals surface area contributed by atoms with Crippen molar-refractivity contribution in [1.82, 2.24) is 5.32 Å². The Morgan fingerprint density at radius 3 is 2.46 bits per heavy atom. The topological polar surface area (TPSA) is 56.8 Å². The Morgan fingerprint density at radius 1 is 1.00 bits per heavy atom. The van der Waals surface area contributed by atoms with Gasteiger partial charge in [0, 0.05) is 11.4 Å². The summed E-state index contributed by atoms with van der Waals surface area (Å²) in [5.41, 5.74) is 0. The van der Waals surface area contributed by atoms with Gasteiger partial charge in [0.05, 0.1) is 25.3 Å². The third-order valence-corrected chi connectivity index (χ3v) is 3.98. The van der Waals surface area contributed by atoms with Crippen molar-refractivity contribution in [3.8, 4) is 17.2 Å². The minimum atomic E-state index is -0.0561. The minimum Gasteiger partial charge on any atom is -0.493 e. The van der Waals surface area contributed by atoms with E-state index in [0.717, 1.165) is 0 Å². The highest BCUT2D eigenvalue weighted by molar-refractivity contribution is 6.35. The molecule has 0 radical (unpaired) electrons. The number of para-hydroxylation sites is 2. The van der Waals surface area contributed by atoms with Crippen LogP contribution in [0, 0.1) is 0 Å². The van der Waals surface area contributed by atoms with Crippen LogP contribution in [0.2, 0.25) is 10.0 Å². The van der Waals surface area contributed by atoms with Gasteiger partial charge in [0.1, 0.15) is 12.4 Å². The van der Waals surface area contributed by atoms with Crippen molar-refractivity contribution in [1.29, 1.82) is 0 Å². The smallest absolute Gasteiger partial charge is 0.220 e. The molecular weight excluding hydrogens is 377 g/mol.